The van der Waals surface area contributed by atoms with Gasteiger partial charge in [0.05, 0.1) is 35.1 Å². The van der Waals surface area contributed by atoms with Gasteiger partial charge in [-0.3, -0.25) is 9.59 Å². The van der Waals surface area contributed by atoms with Crippen LogP contribution >= 0.6 is 46.4 Å². The fourth-order valence-corrected chi connectivity index (χ4v) is 6.42. The third-order valence-electron chi connectivity index (χ3n) is 7.28. The second kappa shape index (κ2) is 11.6. The largest absolute Gasteiger partial charge is 0.519 e. The van der Waals surface area contributed by atoms with Crippen molar-refractivity contribution in [3.05, 3.63) is 78.1 Å². The van der Waals surface area contributed by atoms with Gasteiger partial charge in [-0.25, -0.2) is 18.4 Å². The molecule has 0 bridgehead atoms. The number of carbonyl (C=O) groups excluding carboxylic acids is 3. The molecule has 43 heavy (non-hydrogen) atoms. The number of alkyl halides is 2. The van der Waals surface area contributed by atoms with E-state index in [-0.39, 0.29) is 48.5 Å². The smallest absolute Gasteiger partial charge is 0.457 e. The molecular weight excluding hydrogens is 658 g/mol. The van der Waals surface area contributed by atoms with E-state index in [1.165, 1.54) is 44.3 Å². The van der Waals surface area contributed by atoms with E-state index in [0.29, 0.717) is 0 Å². The standard InChI is InChI=1S/C27H21Cl4F2N3O7/c1-11-19(43-26(40)42-11)9-41-24(38)20-16-6-14(30)7-17(31)22(16)34-25(39)36-10-27(32,33)8-18(36)21(20)23(37)35(2)15-4-12(28)3-13(29)5-15/h3-7,18,20-21H,8-10H2,1-2H3,(H,34,39)/t18-,20-,21+/m0/s1. The van der Waals surface area contributed by atoms with Gasteiger partial charge in [0, 0.05) is 34.2 Å². The first-order chi connectivity index (χ1) is 20.1. The Kier molecular flexibility index (Phi) is 8.42. The minimum absolute atomic E-state index is 0.0304. The maximum absolute atomic E-state index is 15.0. The van der Waals surface area contributed by atoms with Crippen LogP contribution in [0.2, 0.25) is 20.1 Å². The number of esters is 1. The van der Waals surface area contributed by atoms with Crippen molar-refractivity contribution in [3.8, 4) is 0 Å². The second-order valence-electron chi connectivity index (χ2n) is 10.1. The van der Waals surface area contributed by atoms with Crippen LogP contribution in [0, 0.1) is 12.8 Å². The number of aryl methyl sites for hydroxylation is 1. The van der Waals surface area contributed by atoms with E-state index in [2.05, 4.69) is 5.32 Å². The lowest BCUT2D eigenvalue weighted by Crippen LogP contribution is -2.53. The number of anilines is 2. The number of halogens is 6. The monoisotopic (exact) mass is 677 g/mol. The zero-order valence-electron chi connectivity index (χ0n) is 22.3. The molecule has 3 aromatic rings. The van der Waals surface area contributed by atoms with Gasteiger partial charge >= 0.3 is 17.8 Å². The van der Waals surface area contributed by atoms with E-state index in [0.717, 1.165) is 9.80 Å². The lowest BCUT2D eigenvalue weighted by Gasteiger charge is -2.39. The summed E-state index contributed by atoms with van der Waals surface area (Å²) in [5, 5.41) is 2.78. The van der Waals surface area contributed by atoms with Crippen LogP contribution in [0.25, 0.3) is 0 Å². The summed E-state index contributed by atoms with van der Waals surface area (Å²) in [7, 11) is 1.35. The van der Waals surface area contributed by atoms with E-state index in [9.17, 15) is 28.0 Å². The number of fused-ring (bicyclic) bond motifs is 2. The number of carbonyl (C=O) groups is 3. The maximum Gasteiger partial charge on any atom is 0.519 e. The normalized spacial score (nSPS) is 20.9. The lowest BCUT2D eigenvalue weighted by molar-refractivity contribution is -0.151. The summed E-state index contributed by atoms with van der Waals surface area (Å²) in [6.45, 7) is -0.208. The molecule has 3 amide bonds. The summed E-state index contributed by atoms with van der Waals surface area (Å²) in [5.74, 6) is -9.70. The number of rotatable bonds is 5. The Labute approximate surface area is 262 Å². The van der Waals surface area contributed by atoms with Crippen LogP contribution in [-0.2, 0) is 20.9 Å². The molecule has 3 atom stereocenters. The van der Waals surface area contributed by atoms with Gasteiger partial charge in [-0.15, -0.1) is 0 Å². The molecule has 1 fully saturated rings. The maximum atomic E-state index is 15.0. The average Bonchev–Trinajstić information content (AvgIpc) is 3.41. The number of amides is 3. The first-order valence-corrected chi connectivity index (χ1v) is 14.1. The quantitative estimate of drug-likeness (QED) is 0.305. The van der Waals surface area contributed by atoms with E-state index >= 15 is 0 Å². The molecule has 16 heteroatoms. The van der Waals surface area contributed by atoms with Gasteiger partial charge in [-0.1, -0.05) is 46.4 Å². The Balaban J connectivity index is 1.68. The molecule has 2 aliphatic rings. The minimum atomic E-state index is -3.40. The van der Waals surface area contributed by atoms with Crippen molar-refractivity contribution in [1.82, 2.24) is 4.90 Å². The Hall–Kier alpha value is -3.32. The molecule has 2 aliphatic heterocycles. The summed E-state index contributed by atoms with van der Waals surface area (Å²) >= 11 is 25.0. The highest BCUT2D eigenvalue weighted by molar-refractivity contribution is 6.37. The topological polar surface area (TPSA) is 122 Å². The fraction of sp³-hybridized carbons (Fsp3) is 0.333. The average molecular weight is 679 g/mol. The number of urea groups is 1. The van der Waals surface area contributed by atoms with Crippen LogP contribution in [0.3, 0.4) is 0 Å². The van der Waals surface area contributed by atoms with Crippen LogP contribution < -0.4 is 16.0 Å². The first kappa shape index (κ1) is 31.1. The highest BCUT2D eigenvalue weighted by Crippen LogP contribution is 2.47. The van der Waals surface area contributed by atoms with Crippen LogP contribution in [0.5, 0.6) is 0 Å². The Morgan fingerprint density at radius 2 is 1.72 bits per heavy atom. The number of hydrogen-bond acceptors (Lipinski definition) is 7. The number of nitrogens with zero attached hydrogens (tertiary/aromatic N) is 2. The summed E-state index contributed by atoms with van der Waals surface area (Å²) in [4.78, 5) is 55.1. The van der Waals surface area contributed by atoms with E-state index in [4.69, 9.17) is 60.0 Å². The summed E-state index contributed by atoms with van der Waals surface area (Å²) in [6.07, 6.45) is -0.940. The molecule has 0 spiro atoms. The van der Waals surface area contributed by atoms with Crippen molar-refractivity contribution in [3.63, 3.8) is 0 Å². The number of hydrogen-bond donors (Lipinski definition) is 1. The highest BCUT2D eigenvalue weighted by atomic mass is 35.5. The SMILES string of the molecule is Cc1oc(=O)oc1COC(=O)[C@H]1c2cc(Cl)cc(Cl)c2NC(=O)N2CC(F)(F)C[C@H]2[C@H]1C(=O)N(C)c1cc(Cl)cc(Cl)c1. The molecule has 10 nitrogen and oxygen atoms in total. The zero-order chi connectivity index (χ0) is 31.4. The molecule has 0 radical (unpaired) electrons. The van der Waals surface area contributed by atoms with Crippen molar-refractivity contribution in [2.45, 2.75) is 37.8 Å². The van der Waals surface area contributed by atoms with E-state index in [1.807, 2.05) is 0 Å². The third kappa shape index (κ3) is 6.19. The molecule has 1 N–H and O–H groups in total. The van der Waals surface area contributed by atoms with Crippen molar-refractivity contribution >= 4 is 75.7 Å². The number of benzene rings is 2. The fourth-order valence-electron chi connectivity index (χ4n) is 5.35. The van der Waals surface area contributed by atoms with Gasteiger partial charge in [0.25, 0.3) is 5.92 Å². The predicted molar refractivity (Wildman–Crippen MR) is 153 cm³/mol. The van der Waals surface area contributed by atoms with Gasteiger partial charge in [0.2, 0.25) is 5.91 Å². The predicted octanol–water partition coefficient (Wildman–Crippen LogP) is 6.52. The van der Waals surface area contributed by atoms with Crippen molar-refractivity contribution < 1.29 is 36.7 Å². The molecule has 0 saturated carbocycles. The van der Waals surface area contributed by atoms with Crippen LogP contribution in [0.4, 0.5) is 25.0 Å². The molecule has 3 heterocycles. The van der Waals surface area contributed by atoms with Crippen molar-refractivity contribution in [2.75, 3.05) is 23.8 Å². The first-order valence-electron chi connectivity index (χ1n) is 12.6. The van der Waals surface area contributed by atoms with Gasteiger partial charge in [0.15, 0.2) is 18.1 Å². The van der Waals surface area contributed by atoms with Crippen molar-refractivity contribution in [1.29, 1.82) is 0 Å². The minimum Gasteiger partial charge on any atom is -0.457 e. The van der Waals surface area contributed by atoms with Gasteiger partial charge in [-0.2, -0.15) is 0 Å². The van der Waals surface area contributed by atoms with Crippen molar-refractivity contribution in [2.24, 2.45) is 5.92 Å². The van der Waals surface area contributed by atoms with E-state index in [1.54, 1.807) is 0 Å². The zero-order valence-corrected chi connectivity index (χ0v) is 25.3. The Bertz CT molecular complexity index is 1670. The van der Waals surface area contributed by atoms with Gasteiger partial charge < -0.3 is 28.7 Å². The third-order valence-corrected chi connectivity index (χ3v) is 8.23. The van der Waals surface area contributed by atoms with Gasteiger partial charge in [0.1, 0.15) is 0 Å². The molecule has 0 aliphatic carbocycles. The molecule has 1 saturated heterocycles. The Morgan fingerprint density at radius 1 is 1.07 bits per heavy atom. The summed E-state index contributed by atoms with van der Waals surface area (Å²) in [6, 6.07) is 4.39. The molecule has 2 aromatic carbocycles. The molecule has 228 valence electrons. The highest BCUT2D eigenvalue weighted by Gasteiger charge is 2.57. The van der Waals surface area contributed by atoms with Gasteiger partial charge in [-0.05, 0) is 42.8 Å². The number of nitrogens with one attached hydrogen (secondary N) is 1. The second-order valence-corrected chi connectivity index (χ2v) is 11.8. The van der Waals surface area contributed by atoms with Crippen LogP contribution in [0.1, 0.15) is 29.4 Å². The lowest BCUT2D eigenvalue weighted by atomic mass is 9.77. The van der Waals surface area contributed by atoms with Crippen LogP contribution in [0.15, 0.2) is 44.0 Å². The summed E-state index contributed by atoms with van der Waals surface area (Å²) in [5.41, 5.74) is 0.0218. The Morgan fingerprint density at radius 3 is 2.35 bits per heavy atom. The molecule has 5 rings (SSSR count). The molecule has 0 unspecified atom stereocenters. The van der Waals surface area contributed by atoms with Crippen LogP contribution in [-0.4, -0.2) is 48.4 Å². The molecular formula is C27H21Cl4F2N3O7. The van der Waals surface area contributed by atoms with E-state index < -0.39 is 67.1 Å². The molecule has 1 aromatic heterocycles. The number of ether oxygens (including phenoxy) is 1. The summed E-state index contributed by atoms with van der Waals surface area (Å²) < 4.78 is 45.1.